The lowest BCUT2D eigenvalue weighted by Gasteiger charge is -2.19. The molecule has 1 unspecified atom stereocenters. The number of aliphatic hydroxyl groups is 1. The van der Waals surface area contributed by atoms with E-state index in [1.54, 1.807) is 0 Å². The van der Waals surface area contributed by atoms with E-state index in [1.165, 1.54) is 0 Å². The highest BCUT2D eigenvalue weighted by Crippen LogP contribution is 2.40. The van der Waals surface area contributed by atoms with Crippen LogP contribution in [0.1, 0.15) is 49.8 Å². The molecule has 1 fully saturated rings. The van der Waals surface area contributed by atoms with Crippen molar-refractivity contribution >= 4 is 17.1 Å². The minimum absolute atomic E-state index is 0.0437. The first kappa shape index (κ1) is 27.7. The van der Waals surface area contributed by atoms with Gasteiger partial charge >= 0.3 is 5.97 Å². The topological polar surface area (TPSA) is 77.5 Å². The van der Waals surface area contributed by atoms with Gasteiger partial charge in [-0.05, 0) is 97.1 Å². The van der Waals surface area contributed by atoms with Crippen LogP contribution < -0.4 is 18.9 Å². The third-order valence-corrected chi connectivity index (χ3v) is 7.30. The molecule has 1 saturated carbocycles. The molecule has 210 valence electrons. The third-order valence-electron chi connectivity index (χ3n) is 7.30. The highest BCUT2D eigenvalue weighted by atomic mass is 16.7. The number of likely N-dealkylation sites (N-methyl/N-ethyl adjacent to an activating group) is 1. The summed E-state index contributed by atoms with van der Waals surface area (Å²) in [5.74, 6) is 2.63. The van der Waals surface area contributed by atoms with Crippen molar-refractivity contribution in [2.24, 2.45) is 5.92 Å². The summed E-state index contributed by atoms with van der Waals surface area (Å²) >= 11 is 0. The second-order valence-electron chi connectivity index (χ2n) is 10.3. The van der Waals surface area contributed by atoms with Crippen LogP contribution in [0.15, 0.2) is 66.7 Å². The molecular formula is C33H37NO6. The van der Waals surface area contributed by atoms with Crippen molar-refractivity contribution in [3.63, 3.8) is 0 Å². The molecular weight excluding hydrogens is 506 g/mol. The van der Waals surface area contributed by atoms with Crippen LogP contribution in [0.2, 0.25) is 0 Å². The summed E-state index contributed by atoms with van der Waals surface area (Å²) in [6.07, 6.45) is 2.04. The molecule has 40 heavy (non-hydrogen) atoms. The lowest BCUT2D eigenvalue weighted by atomic mass is 9.88. The Morgan fingerprint density at radius 1 is 0.925 bits per heavy atom. The Bertz CT molecular complexity index is 1340. The first-order valence-electron chi connectivity index (χ1n) is 14.0. The van der Waals surface area contributed by atoms with Gasteiger partial charge in [-0.25, -0.2) is 0 Å². The monoisotopic (exact) mass is 543 g/mol. The number of carbonyl (C=O) groups excluding carboxylic acids is 1. The quantitative estimate of drug-likeness (QED) is 0.176. The number of benzene rings is 3. The molecule has 1 N–H and O–H groups in total. The number of hydrogen-bond donors (Lipinski definition) is 1. The molecule has 2 aliphatic rings. The molecule has 7 heteroatoms. The van der Waals surface area contributed by atoms with Crippen LogP contribution in [0.4, 0.5) is 0 Å². The van der Waals surface area contributed by atoms with Crippen molar-refractivity contribution in [2.75, 3.05) is 33.5 Å². The summed E-state index contributed by atoms with van der Waals surface area (Å²) in [6.45, 7) is 6.07. The molecule has 3 aromatic rings. The van der Waals surface area contributed by atoms with Crippen LogP contribution in [0.25, 0.3) is 11.1 Å². The molecule has 7 nitrogen and oxygen atoms in total. The SMILES string of the molecule is CCC(=C(c1ccc(OCC(O)CN(C)CC)cc1)c1ccc(OC(=O)C2CC2)cc1)c1ccc2c(c1)OCO2. The average Bonchev–Trinajstić information content (AvgIpc) is 3.73. The highest BCUT2D eigenvalue weighted by molar-refractivity contribution is 5.99. The van der Waals surface area contributed by atoms with E-state index in [-0.39, 0.29) is 25.3 Å². The lowest BCUT2D eigenvalue weighted by molar-refractivity contribution is -0.135. The van der Waals surface area contributed by atoms with Gasteiger partial charge in [0.25, 0.3) is 0 Å². The van der Waals surface area contributed by atoms with Crippen molar-refractivity contribution < 1.29 is 28.8 Å². The van der Waals surface area contributed by atoms with Crippen LogP contribution >= 0.6 is 0 Å². The Morgan fingerprint density at radius 3 is 2.17 bits per heavy atom. The molecule has 1 aliphatic carbocycles. The van der Waals surface area contributed by atoms with E-state index in [2.05, 4.69) is 24.8 Å². The number of ether oxygens (including phenoxy) is 4. The van der Waals surface area contributed by atoms with Gasteiger partial charge in [-0.3, -0.25) is 4.79 Å². The first-order valence-corrected chi connectivity index (χ1v) is 14.0. The van der Waals surface area contributed by atoms with E-state index in [1.807, 2.05) is 67.7 Å². The molecule has 0 radical (unpaired) electrons. The normalized spacial score (nSPS) is 15.5. The van der Waals surface area contributed by atoms with E-state index in [4.69, 9.17) is 18.9 Å². The summed E-state index contributed by atoms with van der Waals surface area (Å²) in [5.41, 5.74) is 5.29. The number of allylic oxidation sites excluding steroid dienone is 1. The molecule has 1 heterocycles. The number of aliphatic hydroxyl groups excluding tert-OH is 1. The Kier molecular flexibility index (Phi) is 8.72. The largest absolute Gasteiger partial charge is 0.491 e. The van der Waals surface area contributed by atoms with E-state index >= 15 is 0 Å². The summed E-state index contributed by atoms with van der Waals surface area (Å²) < 4.78 is 22.6. The van der Waals surface area contributed by atoms with Gasteiger partial charge in [0.05, 0.1) is 5.92 Å². The molecule has 5 rings (SSSR count). The van der Waals surface area contributed by atoms with E-state index < -0.39 is 6.10 Å². The molecule has 0 spiro atoms. The lowest BCUT2D eigenvalue weighted by Crippen LogP contribution is -2.32. The van der Waals surface area contributed by atoms with Crippen LogP contribution in [0.5, 0.6) is 23.0 Å². The fourth-order valence-corrected chi connectivity index (χ4v) is 4.78. The van der Waals surface area contributed by atoms with Gasteiger partial charge in [-0.2, -0.15) is 0 Å². The molecule has 1 atom stereocenters. The predicted molar refractivity (Wildman–Crippen MR) is 155 cm³/mol. The van der Waals surface area contributed by atoms with Gasteiger partial charge in [-0.15, -0.1) is 0 Å². The van der Waals surface area contributed by atoms with Gasteiger partial charge in [-0.1, -0.05) is 44.2 Å². The number of carbonyl (C=O) groups is 1. The zero-order valence-electron chi connectivity index (χ0n) is 23.4. The van der Waals surface area contributed by atoms with Gasteiger partial charge < -0.3 is 29.0 Å². The molecule has 0 aromatic heterocycles. The van der Waals surface area contributed by atoms with Crippen molar-refractivity contribution in [3.8, 4) is 23.0 Å². The standard InChI is InChI=1S/C33H37NO6/c1-4-29(25-12-17-30-31(18-25)39-21-38-30)32(23-10-15-28(16-11-23)40-33(36)24-6-7-24)22-8-13-27(14-9-22)37-20-26(35)19-34(3)5-2/h8-18,24,26,35H,4-7,19-21H2,1-3H3. The minimum Gasteiger partial charge on any atom is -0.491 e. The van der Waals surface area contributed by atoms with E-state index in [0.717, 1.165) is 65.1 Å². The maximum atomic E-state index is 12.2. The maximum Gasteiger partial charge on any atom is 0.314 e. The predicted octanol–water partition coefficient (Wildman–Crippen LogP) is 5.79. The zero-order chi connectivity index (χ0) is 28.1. The van der Waals surface area contributed by atoms with Crippen molar-refractivity contribution in [3.05, 3.63) is 83.4 Å². The fraction of sp³-hybridized carbons (Fsp3) is 0.364. The van der Waals surface area contributed by atoms with Crippen LogP contribution in [-0.2, 0) is 4.79 Å². The van der Waals surface area contributed by atoms with Gasteiger partial charge in [0.15, 0.2) is 11.5 Å². The second kappa shape index (κ2) is 12.6. The van der Waals surface area contributed by atoms with Crippen molar-refractivity contribution in [1.82, 2.24) is 4.90 Å². The van der Waals surface area contributed by atoms with E-state index in [0.29, 0.717) is 18.0 Å². The molecule has 1 aliphatic heterocycles. The Balaban J connectivity index is 1.45. The summed E-state index contributed by atoms with van der Waals surface area (Å²) in [5, 5.41) is 10.3. The van der Waals surface area contributed by atoms with Gasteiger partial charge in [0, 0.05) is 6.54 Å². The molecule has 0 saturated heterocycles. The summed E-state index contributed by atoms with van der Waals surface area (Å²) in [6, 6.07) is 21.7. The van der Waals surface area contributed by atoms with Crippen LogP contribution in [0.3, 0.4) is 0 Å². The fourth-order valence-electron chi connectivity index (χ4n) is 4.78. The Hall–Kier alpha value is -3.81. The zero-order valence-corrected chi connectivity index (χ0v) is 23.4. The number of nitrogens with zero attached hydrogens (tertiary/aromatic N) is 1. The summed E-state index contributed by atoms with van der Waals surface area (Å²) in [7, 11) is 1.97. The number of esters is 1. The Morgan fingerprint density at radius 2 is 1.55 bits per heavy atom. The van der Waals surface area contributed by atoms with Gasteiger partial charge in [0.2, 0.25) is 6.79 Å². The van der Waals surface area contributed by atoms with Crippen LogP contribution in [0, 0.1) is 5.92 Å². The second-order valence-corrected chi connectivity index (χ2v) is 10.3. The smallest absolute Gasteiger partial charge is 0.314 e. The Labute approximate surface area is 235 Å². The van der Waals surface area contributed by atoms with E-state index in [9.17, 15) is 9.90 Å². The van der Waals surface area contributed by atoms with Crippen molar-refractivity contribution in [2.45, 2.75) is 39.2 Å². The average molecular weight is 544 g/mol. The number of fused-ring (bicyclic) bond motifs is 1. The third kappa shape index (κ3) is 6.66. The highest BCUT2D eigenvalue weighted by Gasteiger charge is 2.31. The molecule has 3 aromatic carbocycles. The van der Waals surface area contributed by atoms with Gasteiger partial charge in [0.1, 0.15) is 24.2 Å². The maximum absolute atomic E-state index is 12.2. The molecule has 0 bridgehead atoms. The van der Waals surface area contributed by atoms with Crippen molar-refractivity contribution in [1.29, 1.82) is 0 Å². The minimum atomic E-state index is -0.565. The first-order chi connectivity index (χ1) is 19.4. The molecule has 0 amide bonds. The van der Waals surface area contributed by atoms with Crippen LogP contribution in [-0.4, -0.2) is 55.6 Å². The summed E-state index contributed by atoms with van der Waals surface area (Å²) in [4.78, 5) is 14.2. The number of hydrogen-bond acceptors (Lipinski definition) is 7. The number of rotatable bonds is 12.